The number of unbranched alkanes of at least 4 members (excludes halogenated alkanes) is 4. The van der Waals surface area contributed by atoms with Gasteiger partial charge in [-0.25, -0.2) is 0 Å². The van der Waals surface area contributed by atoms with E-state index in [1.165, 1.54) is 19.3 Å². The molecule has 1 rings (SSSR count). The number of hydrogen-bond donors (Lipinski definition) is 2. The third-order valence-corrected chi connectivity index (χ3v) is 3.32. The maximum Gasteiger partial charge on any atom is 0.224 e. The highest BCUT2D eigenvalue weighted by atomic mass is 16.5. The van der Waals surface area contributed by atoms with Crippen LogP contribution in [0.1, 0.15) is 57.9 Å². The summed E-state index contributed by atoms with van der Waals surface area (Å²) in [5, 5.41) is 12.2. The Morgan fingerprint density at radius 3 is 2.62 bits per heavy atom. The van der Waals surface area contributed by atoms with Crippen molar-refractivity contribution in [3.05, 3.63) is 23.8 Å². The minimum absolute atomic E-state index is 0.0274. The summed E-state index contributed by atoms with van der Waals surface area (Å²) >= 11 is 0. The molecule has 1 aromatic rings. The number of aliphatic hydroxyl groups excluding tert-OH is 1. The van der Waals surface area contributed by atoms with Gasteiger partial charge < -0.3 is 15.2 Å². The zero-order chi connectivity index (χ0) is 15.5. The molecule has 0 saturated carbocycles. The van der Waals surface area contributed by atoms with Gasteiger partial charge in [0.15, 0.2) is 0 Å². The van der Waals surface area contributed by atoms with Crippen molar-refractivity contribution in [1.82, 2.24) is 0 Å². The van der Waals surface area contributed by atoms with E-state index in [2.05, 4.69) is 12.2 Å². The van der Waals surface area contributed by atoms with Crippen molar-refractivity contribution in [1.29, 1.82) is 0 Å². The van der Waals surface area contributed by atoms with Gasteiger partial charge in [-0.3, -0.25) is 4.79 Å². The molecule has 0 aliphatic heterocycles. The van der Waals surface area contributed by atoms with Crippen LogP contribution in [0.5, 0.6) is 5.75 Å². The Hall–Kier alpha value is -1.55. The van der Waals surface area contributed by atoms with Gasteiger partial charge in [-0.05, 0) is 31.5 Å². The van der Waals surface area contributed by atoms with Crippen LogP contribution in [-0.4, -0.2) is 17.6 Å². The van der Waals surface area contributed by atoms with Gasteiger partial charge in [0.1, 0.15) is 5.75 Å². The summed E-state index contributed by atoms with van der Waals surface area (Å²) in [7, 11) is 0. The summed E-state index contributed by atoms with van der Waals surface area (Å²) in [6.07, 6.45) is 6.22. The SMILES string of the molecule is CCCCCCCC(=O)Nc1ccc(OCC)c(CO)c1. The smallest absolute Gasteiger partial charge is 0.224 e. The Kier molecular flexibility index (Phi) is 8.51. The average Bonchev–Trinajstić information content (AvgIpc) is 2.48. The van der Waals surface area contributed by atoms with E-state index in [9.17, 15) is 9.90 Å². The van der Waals surface area contributed by atoms with Crippen LogP contribution >= 0.6 is 0 Å². The molecule has 1 amide bonds. The monoisotopic (exact) mass is 293 g/mol. The second kappa shape index (κ2) is 10.2. The molecule has 0 saturated heterocycles. The van der Waals surface area contributed by atoms with Crippen LogP contribution < -0.4 is 10.1 Å². The fourth-order valence-corrected chi connectivity index (χ4v) is 2.19. The zero-order valence-electron chi connectivity index (χ0n) is 13.2. The molecular formula is C17H27NO3. The minimum atomic E-state index is -0.101. The van der Waals surface area contributed by atoms with Gasteiger partial charge in [-0.15, -0.1) is 0 Å². The van der Waals surface area contributed by atoms with Crippen molar-refractivity contribution in [2.24, 2.45) is 0 Å². The molecule has 0 bridgehead atoms. The summed E-state index contributed by atoms with van der Waals surface area (Å²) in [6, 6.07) is 5.35. The third-order valence-electron chi connectivity index (χ3n) is 3.32. The fourth-order valence-electron chi connectivity index (χ4n) is 2.19. The summed E-state index contributed by atoms with van der Waals surface area (Å²) in [4.78, 5) is 11.9. The summed E-state index contributed by atoms with van der Waals surface area (Å²) in [5.74, 6) is 0.692. The number of carbonyl (C=O) groups is 1. The van der Waals surface area contributed by atoms with E-state index >= 15 is 0 Å². The lowest BCUT2D eigenvalue weighted by atomic mass is 10.1. The van der Waals surface area contributed by atoms with E-state index in [4.69, 9.17) is 4.74 Å². The average molecular weight is 293 g/mol. The number of aliphatic hydroxyl groups is 1. The molecule has 1 aromatic carbocycles. The van der Waals surface area contributed by atoms with Crippen LogP contribution in [0, 0.1) is 0 Å². The Morgan fingerprint density at radius 2 is 1.95 bits per heavy atom. The second-order valence-corrected chi connectivity index (χ2v) is 5.13. The lowest BCUT2D eigenvalue weighted by Crippen LogP contribution is -2.11. The van der Waals surface area contributed by atoms with Crippen LogP contribution in [-0.2, 0) is 11.4 Å². The van der Waals surface area contributed by atoms with Crippen molar-refractivity contribution in [3.8, 4) is 5.75 Å². The highest BCUT2D eigenvalue weighted by molar-refractivity contribution is 5.90. The van der Waals surface area contributed by atoms with Crippen molar-refractivity contribution in [3.63, 3.8) is 0 Å². The number of amides is 1. The molecule has 0 aliphatic rings. The van der Waals surface area contributed by atoms with Gasteiger partial charge in [-0.2, -0.15) is 0 Å². The van der Waals surface area contributed by atoms with Crippen LogP contribution in [0.15, 0.2) is 18.2 Å². The van der Waals surface area contributed by atoms with Crippen LogP contribution in [0.25, 0.3) is 0 Å². The normalized spacial score (nSPS) is 10.4. The molecule has 118 valence electrons. The predicted molar refractivity (Wildman–Crippen MR) is 85.5 cm³/mol. The lowest BCUT2D eigenvalue weighted by molar-refractivity contribution is -0.116. The van der Waals surface area contributed by atoms with E-state index in [0.29, 0.717) is 30.0 Å². The molecule has 4 heteroatoms. The van der Waals surface area contributed by atoms with Gasteiger partial charge in [-0.1, -0.05) is 32.6 Å². The molecule has 0 aliphatic carbocycles. The fraction of sp³-hybridized carbons (Fsp3) is 0.588. The molecule has 0 fully saturated rings. The molecule has 0 aromatic heterocycles. The highest BCUT2D eigenvalue weighted by Crippen LogP contribution is 2.23. The standard InChI is InChI=1S/C17H27NO3/c1-3-5-6-7-8-9-17(20)18-15-10-11-16(21-4-2)14(12-15)13-19/h10-12,19H,3-9,13H2,1-2H3,(H,18,20). The van der Waals surface area contributed by atoms with Gasteiger partial charge in [0.05, 0.1) is 13.2 Å². The Bertz CT molecular complexity index is 432. The van der Waals surface area contributed by atoms with Crippen LogP contribution in [0.4, 0.5) is 5.69 Å². The van der Waals surface area contributed by atoms with Crippen molar-refractivity contribution in [2.45, 2.75) is 59.0 Å². The number of nitrogens with one attached hydrogen (secondary N) is 1. The molecule has 0 spiro atoms. The molecule has 2 N–H and O–H groups in total. The molecule has 0 unspecified atom stereocenters. The molecule has 21 heavy (non-hydrogen) atoms. The van der Waals surface area contributed by atoms with Gasteiger partial charge in [0, 0.05) is 17.7 Å². The van der Waals surface area contributed by atoms with E-state index in [1.807, 2.05) is 6.92 Å². The van der Waals surface area contributed by atoms with Gasteiger partial charge in [0.2, 0.25) is 5.91 Å². The number of rotatable bonds is 10. The number of benzene rings is 1. The molecule has 4 nitrogen and oxygen atoms in total. The first kappa shape index (κ1) is 17.5. The predicted octanol–water partition coefficient (Wildman–Crippen LogP) is 3.88. The number of ether oxygens (including phenoxy) is 1. The molecule has 0 heterocycles. The van der Waals surface area contributed by atoms with Gasteiger partial charge >= 0.3 is 0 Å². The van der Waals surface area contributed by atoms with Crippen molar-refractivity contribution < 1.29 is 14.6 Å². The van der Waals surface area contributed by atoms with E-state index in [1.54, 1.807) is 18.2 Å². The second-order valence-electron chi connectivity index (χ2n) is 5.13. The highest BCUT2D eigenvalue weighted by Gasteiger charge is 2.07. The first-order valence-corrected chi connectivity index (χ1v) is 7.87. The number of anilines is 1. The Labute approximate surface area is 127 Å². The topological polar surface area (TPSA) is 58.6 Å². The molecular weight excluding hydrogens is 266 g/mol. The van der Waals surface area contributed by atoms with Crippen LogP contribution in [0.3, 0.4) is 0 Å². The Balaban J connectivity index is 2.45. The zero-order valence-corrected chi connectivity index (χ0v) is 13.2. The third kappa shape index (κ3) is 6.63. The number of hydrogen-bond acceptors (Lipinski definition) is 3. The van der Waals surface area contributed by atoms with Crippen LogP contribution in [0.2, 0.25) is 0 Å². The molecule has 0 radical (unpaired) electrons. The Morgan fingerprint density at radius 1 is 1.19 bits per heavy atom. The van der Waals surface area contributed by atoms with E-state index in [0.717, 1.165) is 12.8 Å². The van der Waals surface area contributed by atoms with E-state index in [-0.39, 0.29) is 12.5 Å². The summed E-state index contributed by atoms with van der Waals surface area (Å²) in [5.41, 5.74) is 1.40. The first-order valence-electron chi connectivity index (χ1n) is 7.87. The first-order chi connectivity index (χ1) is 10.2. The van der Waals surface area contributed by atoms with Crippen molar-refractivity contribution in [2.75, 3.05) is 11.9 Å². The quantitative estimate of drug-likeness (QED) is 0.644. The maximum atomic E-state index is 11.9. The van der Waals surface area contributed by atoms with E-state index < -0.39 is 0 Å². The molecule has 0 atom stereocenters. The largest absolute Gasteiger partial charge is 0.494 e. The summed E-state index contributed by atoms with van der Waals surface area (Å²) in [6.45, 7) is 4.53. The number of carbonyl (C=O) groups excluding carboxylic acids is 1. The lowest BCUT2D eigenvalue weighted by Gasteiger charge is -2.11. The maximum absolute atomic E-state index is 11.9. The van der Waals surface area contributed by atoms with Crippen molar-refractivity contribution >= 4 is 11.6 Å². The van der Waals surface area contributed by atoms with Gasteiger partial charge in [0.25, 0.3) is 0 Å². The minimum Gasteiger partial charge on any atom is -0.494 e. The summed E-state index contributed by atoms with van der Waals surface area (Å²) < 4.78 is 5.42.